The predicted molar refractivity (Wildman–Crippen MR) is 110 cm³/mol. The molecule has 0 saturated carbocycles. The molecule has 0 bridgehead atoms. The molecule has 1 fully saturated rings. The van der Waals surface area contributed by atoms with Gasteiger partial charge in [-0.1, -0.05) is 18.2 Å². The SMILES string of the molecule is O=C(c1ccc2c(c1)CC[C@@]1(CCNC1=O)C2)N(O)Cc1ccc(S(=O)(=O)C(F)(F)F)cc1. The summed E-state index contributed by atoms with van der Waals surface area (Å²) < 4.78 is 60.8. The number of nitrogens with zero attached hydrogens (tertiary/aromatic N) is 1. The van der Waals surface area contributed by atoms with E-state index in [1.165, 1.54) is 0 Å². The number of carbonyl (C=O) groups is 2. The number of amides is 2. The van der Waals surface area contributed by atoms with E-state index in [1.807, 2.05) is 0 Å². The molecule has 33 heavy (non-hydrogen) atoms. The lowest BCUT2D eigenvalue weighted by molar-refractivity contribution is -0.128. The Bertz CT molecular complexity index is 1210. The van der Waals surface area contributed by atoms with Gasteiger partial charge in [-0.3, -0.25) is 14.8 Å². The first-order valence-electron chi connectivity index (χ1n) is 10.2. The smallest absolute Gasteiger partial charge is 0.356 e. The number of rotatable bonds is 4. The van der Waals surface area contributed by atoms with Gasteiger partial charge < -0.3 is 5.32 Å². The summed E-state index contributed by atoms with van der Waals surface area (Å²) in [4.78, 5) is 24.0. The fourth-order valence-electron chi connectivity index (χ4n) is 4.42. The van der Waals surface area contributed by atoms with Crippen molar-refractivity contribution >= 4 is 21.7 Å². The van der Waals surface area contributed by atoms with Crippen LogP contribution in [-0.2, 0) is 34.0 Å². The van der Waals surface area contributed by atoms with Crippen molar-refractivity contribution in [2.45, 2.75) is 42.6 Å². The number of benzene rings is 2. The van der Waals surface area contributed by atoms with Gasteiger partial charge in [-0.15, -0.1) is 0 Å². The molecule has 7 nitrogen and oxygen atoms in total. The first kappa shape index (κ1) is 23.2. The fourth-order valence-corrected chi connectivity index (χ4v) is 5.18. The normalized spacial score (nSPS) is 20.4. The molecule has 2 aromatic carbocycles. The van der Waals surface area contributed by atoms with Crippen molar-refractivity contribution < 1.29 is 36.4 Å². The van der Waals surface area contributed by atoms with Gasteiger partial charge in [0.1, 0.15) is 0 Å². The highest BCUT2D eigenvalue weighted by Crippen LogP contribution is 2.41. The summed E-state index contributed by atoms with van der Waals surface area (Å²) in [6, 6.07) is 8.80. The standard InChI is InChI=1S/C22H21F3N2O5S/c23-22(24,25)33(31,32)18-5-1-14(2-6-18)13-27(30)19(28)16-3-4-17-12-21(8-7-15(17)11-16)9-10-26-20(21)29/h1-6,11,30H,7-10,12-13H2,(H,26,29)/t21-/m1/s1. The summed E-state index contributed by atoms with van der Waals surface area (Å²) in [5, 5.41) is 13.5. The van der Waals surface area contributed by atoms with E-state index in [4.69, 9.17) is 0 Å². The Morgan fingerprint density at radius 2 is 1.79 bits per heavy atom. The first-order valence-corrected chi connectivity index (χ1v) is 11.7. The molecular weight excluding hydrogens is 461 g/mol. The van der Waals surface area contributed by atoms with Crippen LogP contribution in [0.1, 0.15) is 39.9 Å². The minimum atomic E-state index is -5.47. The lowest BCUT2D eigenvalue weighted by Gasteiger charge is -2.32. The van der Waals surface area contributed by atoms with Crippen molar-refractivity contribution in [1.29, 1.82) is 0 Å². The minimum absolute atomic E-state index is 0.0592. The van der Waals surface area contributed by atoms with Crippen molar-refractivity contribution in [2.24, 2.45) is 5.41 Å². The number of fused-ring (bicyclic) bond motifs is 1. The molecule has 0 unspecified atom stereocenters. The summed E-state index contributed by atoms with van der Waals surface area (Å²) in [5.74, 6) is -0.646. The Labute approximate surface area is 188 Å². The largest absolute Gasteiger partial charge is 0.501 e. The van der Waals surface area contributed by atoms with E-state index < -0.39 is 31.6 Å². The maximum absolute atomic E-state index is 12.7. The average molecular weight is 482 g/mol. The third-order valence-electron chi connectivity index (χ3n) is 6.33. The van der Waals surface area contributed by atoms with Gasteiger partial charge >= 0.3 is 5.51 Å². The maximum Gasteiger partial charge on any atom is 0.501 e. The number of alkyl halides is 3. The van der Waals surface area contributed by atoms with Crippen LogP contribution in [0.5, 0.6) is 0 Å². The van der Waals surface area contributed by atoms with E-state index in [0.29, 0.717) is 30.9 Å². The van der Waals surface area contributed by atoms with Gasteiger partial charge in [0.15, 0.2) is 0 Å². The van der Waals surface area contributed by atoms with E-state index in [1.54, 1.807) is 18.2 Å². The van der Waals surface area contributed by atoms with E-state index in [-0.39, 0.29) is 23.6 Å². The number of nitrogens with one attached hydrogen (secondary N) is 1. The highest BCUT2D eigenvalue weighted by atomic mass is 32.2. The highest BCUT2D eigenvalue weighted by molar-refractivity contribution is 7.92. The van der Waals surface area contributed by atoms with Gasteiger partial charge in [0, 0.05) is 12.1 Å². The Balaban J connectivity index is 1.45. The predicted octanol–water partition coefficient (Wildman–Crippen LogP) is 3.01. The van der Waals surface area contributed by atoms with Gasteiger partial charge in [-0.25, -0.2) is 13.5 Å². The average Bonchev–Trinajstić information content (AvgIpc) is 3.11. The van der Waals surface area contributed by atoms with Crippen molar-refractivity contribution in [2.75, 3.05) is 6.54 Å². The lowest BCUT2D eigenvalue weighted by Crippen LogP contribution is -2.36. The Hall–Kier alpha value is -2.92. The molecule has 1 aliphatic heterocycles. The van der Waals surface area contributed by atoms with Gasteiger partial charge in [0.2, 0.25) is 5.91 Å². The maximum atomic E-state index is 12.7. The Morgan fingerprint density at radius 3 is 2.39 bits per heavy atom. The quantitative estimate of drug-likeness (QED) is 0.515. The summed E-state index contributed by atoms with van der Waals surface area (Å²) in [6.07, 6.45) is 2.68. The molecule has 1 heterocycles. The van der Waals surface area contributed by atoms with Gasteiger partial charge in [0.25, 0.3) is 15.7 Å². The van der Waals surface area contributed by atoms with Crippen LogP contribution in [0.25, 0.3) is 0 Å². The van der Waals surface area contributed by atoms with Crippen LogP contribution >= 0.6 is 0 Å². The van der Waals surface area contributed by atoms with Gasteiger partial charge in [-0.2, -0.15) is 13.2 Å². The Kier molecular flexibility index (Phi) is 5.73. The van der Waals surface area contributed by atoms with Crippen molar-refractivity contribution in [3.63, 3.8) is 0 Å². The molecule has 1 spiro atoms. The van der Waals surface area contributed by atoms with Crippen LogP contribution in [0.4, 0.5) is 13.2 Å². The molecule has 1 aliphatic carbocycles. The fraction of sp³-hybridized carbons (Fsp3) is 0.364. The van der Waals surface area contributed by atoms with Crippen LogP contribution in [0.2, 0.25) is 0 Å². The molecule has 2 amide bonds. The highest BCUT2D eigenvalue weighted by Gasteiger charge is 2.47. The van der Waals surface area contributed by atoms with Crippen LogP contribution in [0.15, 0.2) is 47.4 Å². The molecule has 176 valence electrons. The minimum Gasteiger partial charge on any atom is -0.356 e. The molecule has 2 aliphatic rings. The second kappa shape index (κ2) is 8.14. The molecule has 2 aromatic rings. The molecule has 0 aromatic heterocycles. The number of hydroxylamine groups is 2. The van der Waals surface area contributed by atoms with Crippen LogP contribution < -0.4 is 5.32 Å². The van der Waals surface area contributed by atoms with E-state index >= 15 is 0 Å². The zero-order chi connectivity index (χ0) is 24.0. The third kappa shape index (κ3) is 4.22. The van der Waals surface area contributed by atoms with E-state index in [0.717, 1.165) is 41.8 Å². The molecule has 4 rings (SSSR count). The summed E-state index contributed by atoms with van der Waals surface area (Å²) in [6.45, 7) is 0.318. The van der Waals surface area contributed by atoms with Crippen LogP contribution in [0.3, 0.4) is 0 Å². The molecule has 2 N–H and O–H groups in total. The number of carbonyl (C=O) groups excluding carboxylic acids is 2. The summed E-state index contributed by atoms with van der Waals surface area (Å²) >= 11 is 0. The molecule has 1 atom stereocenters. The number of hydrogen-bond donors (Lipinski definition) is 2. The zero-order valence-electron chi connectivity index (χ0n) is 17.4. The molecule has 11 heteroatoms. The van der Waals surface area contributed by atoms with Crippen LogP contribution in [-0.4, -0.2) is 42.6 Å². The lowest BCUT2D eigenvalue weighted by atomic mass is 9.70. The van der Waals surface area contributed by atoms with E-state index in [2.05, 4.69) is 5.32 Å². The number of halogens is 3. The Morgan fingerprint density at radius 1 is 1.09 bits per heavy atom. The third-order valence-corrected chi connectivity index (χ3v) is 7.83. The number of sulfone groups is 1. The second-order valence-corrected chi connectivity index (χ2v) is 10.3. The first-order chi connectivity index (χ1) is 15.4. The topological polar surface area (TPSA) is 104 Å². The summed E-state index contributed by atoms with van der Waals surface area (Å²) in [5.41, 5.74) is -3.41. The van der Waals surface area contributed by atoms with Crippen LogP contribution in [0, 0.1) is 5.41 Å². The van der Waals surface area contributed by atoms with E-state index in [9.17, 15) is 36.4 Å². The van der Waals surface area contributed by atoms with Crippen molar-refractivity contribution in [3.05, 3.63) is 64.7 Å². The van der Waals surface area contributed by atoms with Crippen molar-refractivity contribution in [3.8, 4) is 0 Å². The number of aryl methyl sites for hydroxylation is 1. The van der Waals surface area contributed by atoms with Gasteiger partial charge in [-0.05, 0) is 66.6 Å². The molecular formula is C22H21F3N2O5S. The van der Waals surface area contributed by atoms with Crippen molar-refractivity contribution in [1.82, 2.24) is 10.4 Å². The zero-order valence-corrected chi connectivity index (χ0v) is 18.2. The monoisotopic (exact) mass is 482 g/mol. The molecule has 0 radical (unpaired) electrons. The second-order valence-electron chi connectivity index (χ2n) is 8.40. The molecule has 1 saturated heterocycles. The number of hydrogen-bond acceptors (Lipinski definition) is 5. The van der Waals surface area contributed by atoms with Gasteiger partial charge in [0.05, 0.1) is 16.9 Å². The summed E-state index contributed by atoms with van der Waals surface area (Å²) in [7, 11) is -5.47.